The molecular formula is C29H27F3N2O2. The Hall–Kier alpha value is -3.61. The number of carbonyl (C=O) groups is 2. The second-order valence-corrected chi connectivity index (χ2v) is 9.51. The second-order valence-electron chi connectivity index (χ2n) is 9.51. The highest BCUT2D eigenvalue weighted by atomic mass is 19.4. The van der Waals surface area contributed by atoms with Crippen molar-refractivity contribution in [3.05, 3.63) is 107 Å². The Labute approximate surface area is 208 Å². The van der Waals surface area contributed by atoms with Gasteiger partial charge in [-0.3, -0.25) is 9.59 Å². The summed E-state index contributed by atoms with van der Waals surface area (Å²) >= 11 is 0. The molecule has 0 bridgehead atoms. The summed E-state index contributed by atoms with van der Waals surface area (Å²) in [6, 6.07) is 23.3. The Bertz CT molecular complexity index is 1220. The van der Waals surface area contributed by atoms with Gasteiger partial charge in [0.05, 0.1) is 5.56 Å². The van der Waals surface area contributed by atoms with Crippen LogP contribution >= 0.6 is 0 Å². The van der Waals surface area contributed by atoms with Crippen molar-refractivity contribution in [2.24, 2.45) is 0 Å². The molecule has 0 radical (unpaired) electrons. The largest absolute Gasteiger partial charge is 0.416 e. The van der Waals surface area contributed by atoms with Gasteiger partial charge >= 0.3 is 6.18 Å². The average molecular weight is 493 g/mol. The van der Waals surface area contributed by atoms with E-state index in [4.69, 9.17) is 0 Å². The Morgan fingerprint density at radius 1 is 0.861 bits per heavy atom. The van der Waals surface area contributed by atoms with Gasteiger partial charge in [-0.25, -0.2) is 0 Å². The Morgan fingerprint density at radius 2 is 1.47 bits per heavy atom. The Balaban J connectivity index is 1.22. The minimum absolute atomic E-state index is 0.0422. The Morgan fingerprint density at radius 3 is 2.08 bits per heavy atom. The lowest BCUT2D eigenvalue weighted by Gasteiger charge is -2.29. The predicted molar refractivity (Wildman–Crippen MR) is 130 cm³/mol. The van der Waals surface area contributed by atoms with Crippen molar-refractivity contribution < 1.29 is 22.8 Å². The number of likely N-dealkylation sites (tertiary alicyclic amines) is 1. The van der Waals surface area contributed by atoms with Crippen molar-refractivity contribution >= 4 is 11.8 Å². The number of hydrogen-bond donors (Lipinski definition) is 0. The molecular weight excluding hydrogens is 465 g/mol. The number of benzene rings is 3. The fourth-order valence-corrected chi connectivity index (χ4v) is 5.47. The number of carbonyl (C=O) groups excluding carboxylic acids is 2. The van der Waals surface area contributed by atoms with Gasteiger partial charge in [0.15, 0.2) is 0 Å². The molecule has 1 fully saturated rings. The fourth-order valence-electron chi connectivity index (χ4n) is 5.47. The lowest BCUT2D eigenvalue weighted by Crippen LogP contribution is -2.39. The van der Waals surface area contributed by atoms with Crippen molar-refractivity contribution in [3.63, 3.8) is 0 Å². The molecule has 0 unspecified atom stereocenters. The molecule has 3 aromatic carbocycles. The number of amides is 2. The molecule has 2 amide bonds. The van der Waals surface area contributed by atoms with E-state index in [-0.39, 0.29) is 24.8 Å². The standard InChI is InChI=1S/C29H27F3N2O2/c30-29(31,32)25-14-13-21-19-34(20-22(21)18-25)26(35)12-7-16-33-17-15-28(27(33)36,23-8-3-1-4-9-23)24-10-5-2-6-11-24/h1-6,8-11,13-14,18H,7,12,15-17,19-20H2. The molecule has 2 aliphatic heterocycles. The smallest absolute Gasteiger partial charge is 0.342 e. The van der Waals surface area contributed by atoms with Gasteiger partial charge < -0.3 is 9.80 Å². The van der Waals surface area contributed by atoms with Crippen molar-refractivity contribution in [1.82, 2.24) is 9.80 Å². The summed E-state index contributed by atoms with van der Waals surface area (Å²) in [6.45, 7) is 1.57. The zero-order valence-corrected chi connectivity index (χ0v) is 19.8. The number of halogens is 3. The number of nitrogens with zero attached hydrogens (tertiary/aromatic N) is 2. The summed E-state index contributed by atoms with van der Waals surface area (Å²) in [5.41, 5.74) is 1.80. The lowest BCUT2D eigenvalue weighted by molar-refractivity contribution is -0.137. The molecule has 3 aromatic rings. The molecule has 4 nitrogen and oxygen atoms in total. The van der Waals surface area contributed by atoms with Gasteiger partial charge in [0.25, 0.3) is 0 Å². The minimum atomic E-state index is -4.40. The Kier molecular flexibility index (Phi) is 6.33. The molecule has 186 valence electrons. The molecule has 0 spiro atoms. The first-order chi connectivity index (χ1) is 17.3. The van der Waals surface area contributed by atoms with Gasteiger partial charge in [0.2, 0.25) is 11.8 Å². The minimum Gasteiger partial charge on any atom is -0.342 e. The summed E-state index contributed by atoms with van der Waals surface area (Å²) in [7, 11) is 0. The first-order valence-electron chi connectivity index (χ1n) is 12.2. The van der Waals surface area contributed by atoms with E-state index >= 15 is 0 Å². The lowest BCUT2D eigenvalue weighted by atomic mass is 9.73. The van der Waals surface area contributed by atoms with Crippen LogP contribution in [0.15, 0.2) is 78.9 Å². The van der Waals surface area contributed by atoms with Crippen molar-refractivity contribution in [1.29, 1.82) is 0 Å². The number of rotatable bonds is 6. The summed E-state index contributed by atoms with van der Waals surface area (Å²) in [5.74, 6) is -0.0654. The normalized spacial score (nSPS) is 16.9. The summed E-state index contributed by atoms with van der Waals surface area (Å²) in [5, 5.41) is 0. The van der Waals surface area contributed by atoms with E-state index in [1.165, 1.54) is 6.07 Å². The maximum absolute atomic E-state index is 13.8. The van der Waals surface area contributed by atoms with Crippen molar-refractivity contribution in [3.8, 4) is 0 Å². The van der Waals surface area contributed by atoms with Crippen LogP contribution in [-0.4, -0.2) is 34.7 Å². The molecule has 0 aromatic heterocycles. The van der Waals surface area contributed by atoms with Gasteiger partial charge in [-0.1, -0.05) is 66.7 Å². The SMILES string of the molecule is O=C(CCCN1CCC(c2ccccc2)(c2ccccc2)C1=O)N1Cc2ccc(C(F)(F)F)cc2C1. The molecule has 0 atom stereocenters. The van der Waals surface area contributed by atoms with E-state index < -0.39 is 17.2 Å². The van der Waals surface area contributed by atoms with Crippen LogP contribution in [0.3, 0.4) is 0 Å². The van der Waals surface area contributed by atoms with E-state index in [2.05, 4.69) is 0 Å². The van der Waals surface area contributed by atoms with Gasteiger partial charge in [0.1, 0.15) is 5.41 Å². The molecule has 2 aliphatic rings. The third-order valence-corrected chi connectivity index (χ3v) is 7.37. The molecule has 0 saturated carbocycles. The van der Waals surface area contributed by atoms with E-state index in [1.807, 2.05) is 65.6 Å². The quantitative estimate of drug-likeness (QED) is 0.453. The average Bonchev–Trinajstić information content (AvgIpc) is 3.46. The summed E-state index contributed by atoms with van der Waals surface area (Å²) < 4.78 is 39.1. The first kappa shape index (κ1) is 24.1. The van der Waals surface area contributed by atoms with Crippen LogP contribution in [0, 0.1) is 0 Å². The van der Waals surface area contributed by atoms with Crippen LogP contribution < -0.4 is 0 Å². The van der Waals surface area contributed by atoms with Crippen molar-refractivity contribution in [2.75, 3.05) is 13.1 Å². The highest BCUT2D eigenvalue weighted by Crippen LogP contribution is 2.42. The van der Waals surface area contributed by atoms with Gasteiger partial charge in [-0.15, -0.1) is 0 Å². The molecule has 7 heteroatoms. The van der Waals surface area contributed by atoms with Crippen LogP contribution in [0.4, 0.5) is 13.2 Å². The monoisotopic (exact) mass is 492 g/mol. The summed E-state index contributed by atoms with van der Waals surface area (Å²) in [4.78, 5) is 30.0. The van der Waals surface area contributed by atoms with Gasteiger partial charge in [-0.05, 0) is 47.2 Å². The van der Waals surface area contributed by atoms with Crippen LogP contribution in [0.5, 0.6) is 0 Å². The maximum Gasteiger partial charge on any atom is 0.416 e. The van der Waals surface area contributed by atoms with Crippen molar-refractivity contribution in [2.45, 2.75) is 43.9 Å². The molecule has 36 heavy (non-hydrogen) atoms. The predicted octanol–water partition coefficient (Wildman–Crippen LogP) is 5.55. The second kappa shape index (κ2) is 9.45. The van der Waals surface area contributed by atoms with E-state index in [9.17, 15) is 22.8 Å². The van der Waals surface area contributed by atoms with Crippen LogP contribution in [-0.2, 0) is 34.3 Å². The fraction of sp³-hybridized carbons (Fsp3) is 0.310. The topological polar surface area (TPSA) is 40.6 Å². The van der Waals surface area contributed by atoms with E-state index in [1.54, 1.807) is 4.90 Å². The number of hydrogen-bond acceptors (Lipinski definition) is 2. The molecule has 1 saturated heterocycles. The third-order valence-electron chi connectivity index (χ3n) is 7.37. The van der Waals surface area contributed by atoms with Crippen LogP contribution in [0.2, 0.25) is 0 Å². The van der Waals surface area contributed by atoms with Crippen LogP contribution in [0.1, 0.15) is 47.1 Å². The molecule has 5 rings (SSSR count). The van der Waals surface area contributed by atoms with Crippen LogP contribution in [0.25, 0.3) is 0 Å². The van der Waals surface area contributed by atoms with Gasteiger partial charge in [0, 0.05) is 32.6 Å². The zero-order valence-electron chi connectivity index (χ0n) is 19.8. The van der Waals surface area contributed by atoms with E-state index in [0.29, 0.717) is 38.0 Å². The number of alkyl halides is 3. The first-order valence-corrected chi connectivity index (χ1v) is 12.2. The summed E-state index contributed by atoms with van der Waals surface area (Å²) in [6.07, 6.45) is -2.99. The van der Waals surface area contributed by atoms with E-state index in [0.717, 1.165) is 28.8 Å². The number of fused-ring (bicyclic) bond motifs is 1. The third kappa shape index (κ3) is 4.38. The highest BCUT2D eigenvalue weighted by molar-refractivity contribution is 5.94. The zero-order chi connectivity index (χ0) is 25.3. The maximum atomic E-state index is 13.8. The van der Waals surface area contributed by atoms with Gasteiger partial charge in [-0.2, -0.15) is 13.2 Å². The highest BCUT2D eigenvalue weighted by Gasteiger charge is 2.48. The molecule has 0 N–H and O–H groups in total. The molecule has 2 heterocycles. The molecule has 0 aliphatic carbocycles.